The van der Waals surface area contributed by atoms with Gasteiger partial charge in [0, 0.05) is 9.26 Å². The molecule has 2 atom stereocenters. The second-order valence-electron chi connectivity index (χ2n) is 4.83. The maximum Gasteiger partial charge on any atom is 0.165 e. The van der Waals surface area contributed by atoms with Crippen LogP contribution in [0.4, 0.5) is 5.69 Å². The first-order valence-corrected chi connectivity index (χ1v) is 7.61. The van der Waals surface area contributed by atoms with Gasteiger partial charge in [-0.2, -0.15) is 0 Å². The normalized spacial score (nSPS) is 21.1. The van der Waals surface area contributed by atoms with Gasteiger partial charge in [0.25, 0.3) is 0 Å². The Balaban J connectivity index is 1.83. The maximum absolute atomic E-state index is 12.1. The van der Waals surface area contributed by atoms with E-state index in [1.165, 1.54) is 3.57 Å². The van der Waals surface area contributed by atoms with E-state index in [4.69, 9.17) is 0 Å². The molecule has 0 amide bonds. The number of carbonyl (C=O) groups is 1. The molecule has 0 saturated carbocycles. The zero-order valence-electron chi connectivity index (χ0n) is 10.8. The van der Waals surface area contributed by atoms with Crippen molar-refractivity contribution in [3.05, 3.63) is 75.9 Å². The van der Waals surface area contributed by atoms with E-state index in [-0.39, 0.29) is 17.7 Å². The molecular formula is C17H14INO. The molecule has 0 bridgehead atoms. The fraction of sp³-hybridized carbons (Fsp3) is 0.118. The number of ketones is 1. The van der Waals surface area contributed by atoms with Crippen molar-refractivity contribution in [3.63, 3.8) is 0 Å². The van der Waals surface area contributed by atoms with Gasteiger partial charge in [-0.25, -0.2) is 0 Å². The SMILES string of the molecule is O=C1C=C[C@@H](Nc2ccc(I)cc2)[C@@H]1c1ccccc1. The molecule has 2 aromatic rings. The van der Waals surface area contributed by atoms with E-state index < -0.39 is 0 Å². The quantitative estimate of drug-likeness (QED) is 0.822. The number of anilines is 1. The van der Waals surface area contributed by atoms with E-state index in [1.54, 1.807) is 6.08 Å². The van der Waals surface area contributed by atoms with E-state index in [0.717, 1.165) is 11.3 Å². The van der Waals surface area contributed by atoms with Crippen LogP contribution in [0.1, 0.15) is 11.5 Å². The Morgan fingerprint density at radius 1 is 0.950 bits per heavy atom. The number of rotatable bonds is 3. The van der Waals surface area contributed by atoms with Crippen LogP contribution < -0.4 is 5.32 Å². The van der Waals surface area contributed by atoms with E-state index in [2.05, 4.69) is 40.0 Å². The average Bonchev–Trinajstić information content (AvgIpc) is 2.83. The molecule has 0 saturated heterocycles. The number of benzene rings is 2. The lowest BCUT2D eigenvalue weighted by molar-refractivity contribution is -0.115. The molecule has 1 aliphatic carbocycles. The van der Waals surface area contributed by atoms with Crippen molar-refractivity contribution in [2.75, 3.05) is 5.32 Å². The van der Waals surface area contributed by atoms with Gasteiger partial charge in [-0.15, -0.1) is 0 Å². The fourth-order valence-electron chi connectivity index (χ4n) is 2.49. The summed E-state index contributed by atoms with van der Waals surface area (Å²) in [5.41, 5.74) is 2.10. The summed E-state index contributed by atoms with van der Waals surface area (Å²) in [5.74, 6) is 0.0367. The van der Waals surface area contributed by atoms with Crippen LogP contribution in [0, 0.1) is 3.57 Å². The third kappa shape index (κ3) is 2.77. The van der Waals surface area contributed by atoms with Crippen LogP contribution in [0.3, 0.4) is 0 Å². The lowest BCUT2D eigenvalue weighted by Gasteiger charge is -2.21. The summed E-state index contributed by atoms with van der Waals surface area (Å²) in [6.07, 6.45) is 3.64. The van der Waals surface area contributed by atoms with Crippen molar-refractivity contribution < 1.29 is 4.79 Å². The zero-order valence-corrected chi connectivity index (χ0v) is 12.9. The molecule has 0 radical (unpaired) electrons. The molecule has 0 heterocycles. The lowest BCUT2D eigenvalue weighted by atomic mass is 9.92. The van der Waals surface area contributed by atoms with Crippen LogP contribution in [0.25, 0.3) is 0 Å². The van der Waals surface area contributed by atoms with Gasteiger partial charge in [-0.1, -0.05) is 36.4 Å². The number of carbonyl (C=O) groups excluding carboxylic acids is 1. The number of hydrogen-bond acceptors (Lipinski definition) is 2. The van der Waals surface area contributed by atoms with E-state index in [1.807, 2.05) is 48.5 Å². The van der Waals surface area contributed by atoms with Gasteiger partial charge in [0.1, 0.15) is 0 Å². The predicted octanol–water partition coefficient (Wildman–Crippen LogP) is 3.99. The topological polar surface area (TPSA) is 29.1 Å². The molecule has 20 heavy (non-hydrogen) atoms. The Morgan fingerprint density at radius 3 is 2.35 bits per heavy atom. The van der Waals surface area contributed by atoms with Crippen LogP contribution in [-0.2, 0) is 4.79 Å². The van der Waals surface area contributed by atoms with E-state index in [0.29, 0.717) is 0 Å². The van der Waals surface area contributed by atoms with Gasteiger partial charge in [-0.05, 0) is 58.5 Å². The second-order valence-corrected chi connectivity index (χ2v) is 6.07. The summed E-state index contributed by atoms with van der Waals surface area (Å²) in [4.78, 5) is 12.1. The Morgan fingerprint density at radius 2 is 1.65 bits per heavy atom. The fourth-order valence-corrected chi connectivity index (χ4v) is 2.85. The van der Waals surface area contributed by atoms with Gasteiger partial charge in [-0.3, -0.25) is 4.79 Å². The minimum Gasteiger partial charge on any atom is -0.378 e. The molecule has 100 valence electrons. The number of halogens is 1. The van der Waals surface area contributed by atoms with Gasteiger partial charge in [0.2, 0.25) is 0 Å². The first-order valence-electron chi connectivity index (χ1n) is 6.53. The standard InChI is InChI=1S/C17H14INO/c18-13-6-8-14(9-7-13)19-15-10-11-16(20)17(15)12-4-2-1-3-5-12/h1-11,15,17,19H/t15-,17+/m1/s1. The van der Waals surface area contributed by atoms with Crippen molar-refractivity contribution in [2.24, 2.45) is 0 Å². The number of hydrogen-bond donors (Lipinski definition) is 1. The minimum atomic E-state index is -0.129. The average molecular weight is 375 g/mol. The Labute approximate surface area is 132 Å². The highest BCUT2D eigenvalue weighted by atomic mass is 127. The van der Waals surface area contributed by atoms with Crippen molar-refractivity contribution in [1.82, 2.24) is 0 Å². The Bertz CT molecular complexity index is 634. The van der Waals surface area contributed by atoms with E-state index >= 15 is 0 Å². The molecule has 1 N–H and O–H groups in total. The van der Waals surface area contributed by atoms with Crippen LogP contribution in [-0.4, -0.2) is 11.8 Å². The molecule has 0 spiro atoms. The van der Waals surface area contributed by atoms with Crippen molar-refractivity contribution in [2.45, 2.75) is 12.0 Å². The van der Waals surface area contributed by atoms with Crippen LogP contribution in [0.5, 0.6) is 0 Å². The summed E-state index contributed by atoms with van der Waals surface area (Å²) in [7, 11) is 0. The maximum atomic E-state index is 12.1. The molecule has 0 fully saturated rings. The van der Waals surface area contributed by atoms with Gasteiger partial charge < -0.3 is 5.32 Å². The van der Waals surface area contributed by atoms with Gasteiger partial charge in [0.05, 0.1) is 12.0 Å². The summed E-state index contributed by atoms with van der Waals surface area (Å²) in [6.45, 7) is 0. The lowest BCUT2D eigenvalue weighted by Crippen LogP contribution is -2.25. The molecule has 0 aliphatic heterocycles. The summed E-state index contributed by atoms with van der Waals surface area (Å²) in [6, 6.07) is 18.2. The predicted molar refractivity (Wildman–Crippen MR) is 89.9 cm³/mol. The third-order valence-corrected chi connectivity index (χ3v) is 4.19. The first-order chi connectivity index (χ1) is 9.74. The highest BCUT2D eigenvalue weighted by molar-refractivity contribution is 14.1. The summed E-state index contributed by atoms with van der Waals surface area (Å²) < 4.78 is 1.20. The van der Waals surface area contributed by atoms with E-state index in [9.17, 15) is 4.79 Å². The highest BCUT2D eigenvalue weighted by Crippen LogP contribution is 2.29. The van der Waals surface area contributed by atoms with Crippen molar-refractivity contribution in [3.8, 4) is 0 Å². The molecular weight excluding hydrogens is 361 g/mol. The van der Waals surface area contributed by atoms with Gasteiger partial charge >= 0.3 is 0 Å². The Kier molecular flexibility index (Phi) is 3.87. The molecule has 3 heteroatoms. The first kappa shape index (κ1) is 13.4. The third-order valence-electron chi connectivity index (χ3n) is 3.47. The van der Waals surface area contributed by atoms with Crippen LogP contribution in [0.2, 0.25) is 0 Å². The van der Waals surface area contributed by atoms with Crippen LogP contribution >= 0.6 is 22.6 Å². The summed E-state index contributed by atoms with van der Waals surface area (Å²) >= 11 is 2.28. The molecule has 2 nitrogen and oxygen atoms in total. The highest BCUT2D eigenvalue weighted by Gasteiger charge is 2.31. The molecule has 0 aromatic heterocycles. The van der Waals surface area contributed by atoms with Crippen molar-refractivity contribution in [1.29, 1.82) is 0 Å². The smallest absolute Gasteiger partial charge is 0.165 e. The molecule has 3 rings (SSSR count). The number of allylic oxidation sites excluding steroid dienone is 1. The summed E-state index contributed by atoms with van der Waals surface area (Å²) in [5, 5.41) is 3.44. The Hall–Kier alpha value is -1.62. The largest absolute Gasteiger partial charge is 0.378 e. The molecule has 2 aromatic carbocycles. The van der Waals surface area contributed by atoms with Crippen molar-refractivity contribution >= 4 is 34.1 Å². The molecule has 1 aliphatic rings. The molecule has 0 unspecified atom stereocenters. The monoisotopic (exact) mass is 375 g/mol. The number of nitrogens with one attached hydrogen (secondary N) is 1. The minimum absolute atomic E-state index is 0.0185. The second kappa shape index (κ2) is 5.79. The van der Waals surface area contributed by atoms with Gasteiger partial charge in [0.15, 0.2) is 5.78 Å². The van der Waals surface area contributed by atoms with Crippen LogP contribution in [0.15, 0.2) is 66.7 Å². The zero-order chi connectivity index (χ0) is 13.9.